The van der Waals surface area contributed by atoms with Gasteiger partial charge in [0.15, 0.2) is 11.6 Å². The molecule has 8 heteroatoms. The van der Waals surface area contributed by atoms with Crippen molar-refractivity contribution in [3.05, 3.63) is 6.20 Å². The van der Waals surface area contributed by atoms with Crippen molar-refractivity contribution in [3.8, 4) is 0 Å². The SMILES string of the molecule is CC(C)C(=O)Cn1cc(N2CCN(C(=O)OC(C)(C)C)CC2)nn1. The van der Waals surface area contributed by atoms with Crippen molar-refractivity contribution in [1.29, 1.82) is 0 Å². The molecule has 0 bridgehead atoms. The van der Waals surface area contributed by atoms with Gasteiger partial charge in [0.2, 0.25) is 0 Å². The predicted octanol–water partition coefficient (Wildman–Crippen LogP) is 1.56. The Hall–Kier alpha value is -2.12. The van der Waals surface area contributed by atoms with Gasteiger partial charge in [0.25, 0.3) is 0 Å². The number of nitrogens with zero attached hydrogens (tertiary/aromatic N) is 5. The molecule has 8 nitrogen and oxygen atoms in total. The van der Waals surface area contributed by atoms with Crippen molar-refractivity contribution in [1.82, 2.24) is 19.9 Å². The molecule has 2 heterocycles. The number of amides is 1. The smallest absolute Gasteiger partial charge is 0.410 e. The Morgan fingerprint density at radius 2 is 1.83 bits per heavy atom. The molecule has 1 aliphatic heterocycles. The molecule has 0 saturated carbocycles. The van der Waals surface area contributed by atoms with Gasteiger partial charge in [-0.15, -0.1) is 5.10 Å². The van der Waals surface area contributed by atoms with E-state index in [0.717, 1.165) is 5.82 Å². The van der Waals surface area contributed by atoms with E-state index in [4.69, 9.17) is 4.74 Å². The average molecular weight is 337 g/mol. The number of carbonyl (C=O) groups excluding carboxylic acids is 2. The third kappa shape index (κ3) is 4.94. The average Bonchev–Trinajstić information content (AvgIpc) is 2.94. The number of hydrogen-bond acceptors (Lipinski definition) is 6. The highest BCUT2D eigenvalue weighted by molar-refractivity contribution is 5.80. The van der Waals surface area contributed by atoms with Gasteiger partial charge in [0.1, 0.15) is 12.1 Å². The fourth-order valence-corrected chi connectivity index (χ4v) is 2.30. The molecule has 2 rings (SSSR count). The molecule has 1 saturated heterocycles. The zero-order valence-electron chi connectivity index (χ0n) is 15.2. The summed E-state index contributed by atoms with van der Waals surface area (Å²) in [5, 5.41) is 8.15. The first-order chi connectivity index (χ1) is 11.2. The van der Waals surface area contributed by atoms with Crippen LogP contribution in [-0.4, -0.2) is 63.6 Å². The Kier molecular flexibility index (Phi) is 5.46. The number of aromatic nitrogens is 3. The quantitative estimate of drug-likeness (QED) is 0.829. The molecular formula is C16H27N5O3. The number of ether oxygens (including phenoxy) is 1. The van der Waals surface area contributed by atoms with Gasteiger partial charge in [0.05, 0.1) is 6.20 Å². The van der Waals surface area contributed by atoms with E-state index in [1.54, 1.807) is 15.8 Å². The molecule has 1 aliphatic rings. The molecule has 0 atom stereocenters. The van der Waals surface area contributed by atoms with Gasteiger partial charge < -0.3 is 14.5 Å². The second-order valence-corrected chi connectivity index (χ2v) is 7.35. The number of Topliss-reactive ketones (excluding diaryl/α,β-unsaturated/α-hetero) is 1. The number of ketones is 1. The molecule has 0 aliphatic carbocycles. The van der Waals surface area contributed by atoms with Crippen LogP contribution in [-0.2, 0) is 16.1 Å². The lowest BCUT2D eigenvalue weighted by Gasteiger charge is -2.35. The van der Waals surface area contributed by atoms with Gasteiger partial charge in [-0.2, -0.15) is 0 Å². The van der Waals surface area contributed by atoms with Gasteiger partial charge >= 0.3 is 6.09 Å². The third-order valence-corrected chi connectivity index (χ3v) is 3.74. The van der Waals surface area contributed by atoms with E-state index in [2.05, 4.69) is 15.2 Å². The summed E-state index contributed by atoms with van der Waals surface area (Å²) < 4.78 is 6.95. The Balaban J connectivity index is 1.87. The second kappa shape index (κ2) is 7.19. The number of carbonyl (C=O) groups is 2. The lowest BCUT2D eigenvalue weighted by Crippen LogP contribution is -2.50. The van der Waals surface area contributed by atoms with Crippen molar-refractivity contribution in [2.45, 2.75) is 46.8 Å². The van der Waals surface area contributed by atoms with Crippen LogP contribution in [0, 0.1) is 5.92 Å². The highest BCUT2D eigenvalue weighted by atomic mass is 16.6. The number of rotatable bonds is 4. The number of hydrogen-bond donors (Lipinski definition) is 0. The summed E-state index contributed by atoms with van der Waals surface area (Å²) in [4.78, 5) is 27.6. The van der Waals surface area contributed by atoms with Crippen molar-refractivity contribution >= 4 is 17.7 Å². The largest absolute Gasteiger partial charge is 0.444 e. The summed E-state index contributed by atoms with van der Waals surface area (Å²) in [7, 11) is 0. The van der Waals surface area contributed by atoms with E-state index < -0.39 is 5.60 Å². The maximum atomic E-state index is 12.1. The van der Waals surface area contributed by atoms with Gasteiger partial charge in [-0.1, -0.05) is 19.1 Å². The van der Waals surface area contributed by atoms with Crippen LogP contribution >= 0.6 is 0 Å². The van der Waals surface area contributed by atoms with E-state index >= 15 is 0 Å². The van der Waals surface area contributed by atoms with Crippen LogP contribution < -0.4 is 4.90 Å². The molecule has 134 valence electrons. The fourth-order valence-electron chi connectivity index (χ4n) is 2.30. The molecule has 1 aromatic rings. The highest BCUT2D eigenvalue weighted by Gasteiger charge is 2.26. The van der Waals surface area contributed by atoms with Crippen LogP contribution in [0.15, 0.2) is 6.20 Å². The van der Waals surface area contributed by atoms with Crippen molar-refractivity contribution in [3.63, 3.8) is 0 Å². The van der Waals surface area contributed by atoms with Crippen LogP contribution in [0.4, 0.5) is 10.6 Å². The minimum Gasteiger partial charge on any atom is -0.444 e. The van der Waals surface area contributed by atoms with E-state index in [-0.39, 0.29) is 24.3 Å². The van der Waals surface area contributed by atoms with Crippen LogP contribution in [0.2, 0.25) is 0 Å². The Morgan fingerprint density at radius 3 is 2.38 bits per heavy atom. The topological polar surface area (TPSA) is 80.6 Å². The zero-order valence-corrected chi connectivity index (χ0v) is 15.2. The molecule has 1 aromatic heterocycles. The maximum Gasteiger partial charge on any atom is 0.410 e. The molecule has 1 fully saturated rings. The normalized spacial score (nSPS) is 15.8. The zero-order chi connectivity index (χ0) is 17.9. The predicted molar refractivity (Wildman–Crippen MR) is 89.9 cm³/mol. The minimum atomic E-state index is -0.486. The molecular weight excluding hydrogens is 310 g/mol. The minimum absolute atomic E-state index is 0.0185. The van der Waals surface area contributed by atoms with Crippen LogP contribution in [0.3, 0.4) is 0 Å². The van der Waals surface area contributed by atoms with E-state index in [9.17, 15) is 9.59 Å². The van der Waals surface area contributed by atoms with Crippen LogP contribution in [0.5, 0.6) is 0 Å². The van der Waals surface area contributed by atoms with E-state index in [1.807, 2.05) is 34.6 Å². The molecule has 0 radical (unpaired) electrons. The lowest BCUT2D eigenvalue weighted by molar-refractivity contribution is -0.122. The first-order valence-corrected chi connectivity index (χ1v) is 8.31. The van der Waals surface area contributed by atoms with Gasteiger partial charge in [-0.25, -0.2) is 9.48 Å². The Morgan fingerprint density at radius 1 is 1.21 bits per heavy atom. The van der Waals surface area contributed by atoms with Gasteiger partial charge in [0, 0.05) is 32.1 Å². The summed E-state index contributed by atoms with van der Waals surface area (Å²) >= 11 is 0. The van der Waals surface area contributed by atoms with Crippen molar-refractivity contribution in [2.24, 2.45) is 5.92 Å². The summed E-state index contributed by atoms with van der Waals surface area (Å²) in [5.74, 6) is 0.839. The summed E-state index contributed by atoms with van der Waals surface area (Å²) in [5.41, 5.74) is -0.486. The first-order valence-electron chi connectivity index (χ1n) is 8.31. The summed E-state index contributed by atoms with van der Waals surface area (Å²) in [6, 6.07) is 0. The van der Waals surface area contributed by atoms with Crippen LogP contribution in [0.25, 0.3) is 0 Å². The highest BCUT2D eigenvalue weighted by Crippen LogP contribution is 2.15. The molecule has 24 heavy (non-hydrogen) atoms. The Bertz CT molecular complexity index is 583. The fraction of sp³-hybridized carbons (Fsp3) is 0.750. The standard InChI is InChI=1S/C16H27N5O3/c1-12(2)13(22)10-21-11-14(17-18-21)19-6-8-20(9-7-19)15(23)24-16(3,4)5/h11-12H,6-10H2,1-5H3. The first kappa shape index (κ1) is 18.2. The summed E-state index contributed by atoms with van der Waals surface area (Å²) in [6.45, 7) is 12.0. The monoisotopic (exact) mass is 337 g/mol. The number of piperazine rings is 1. The lowest BCUT2D eigenvalue weighted by atomic mass is 10.1. The number of anilines is 1. The molecule has 0 spiro atoms. The third-order valence-electron chi connectivity index (χ3n) is 3.74. The molecule has 0 N–H and O–H groups in total. The second-order valence-electron chi connectivity index (χ2n) is 7.35. The molecule has 1 amide bonds. The van der Waals surface area contributed by atoms with E-state index in [0.29, 0.717) is 26.2 Å². The van der Waals surface area contributed by atoms with Crippen molar-refractivity contribution < 1.29 is 14.3 Å². The maximum absolute atomic E-state index is 12.1. The molecule has 0 aromatic carbocycles. The Labute approximate surface area is 142 Å². The van der Waals surface area contributed by atoms with E-state index in [1.165, 1.54) is 0 Å². The van der Waals surface area contributed by atoms with Gasteiger partial charge in [-0.3, -0.25) is 4.79 Å². The van der Waals surface area contributed by atoms with Crippen molar-refractivity contribution in [2.75, 3.05) is 31.1 Å². The summed E-state index contributed by atoms with van der Waals surface area (Å²) in [6.07, 6.45) is 1.50. The van der Waals surface area contributed by atoms with Gasteiger partial charge in [-0.05, 0) is 20.8 Å². The molecule has 0 unspecified atom stereocenters. The van der Waals surface area contributed by atoms with Crippen LogP contribution in [0.1, 0.15) is 34.6 Å².